The lowest BCUT2D eigenvalue weighted by molar-refractivity contribution is 0.601. The van der Waals surface area contributed by atoms with E-state index in [0.29, 0.717) is 0 Å². The van der Waals surface area contributed by atoms with Gasteiger partial charge in [0, 0.05) is 24.0 Å². The minimum absolute atomic E-state index is 0.0430. The number of hydrogen-bond donors (Lipinski definition) is 0. The van der Waals surface area contributed by atoms with Gasteiger partial charge in [0.1, 0.15) is 0 Å². The summed E-state index contributed by atoms with van der Waals surface area (Å²) in [5, 5.41) is 1.93. The van der Waals surface area contributed by atoms with Crippen molar-refractivity contribution >= 4 is 20.6 Å². The smallest absolute Gasteiger partial charge is 0.151 e. The van der Waals surface area contributed by atoms with Crippen LogP contribution in [-0.4, -0.2) is 19.7 Å². The maximum atomic E-state index is 11.2. The molecule has 0 unspecified atom stereocenters. The summed E-state index contributed by atoms with van der Waals surface area (Å²) < 4.78 is 22.4. The maximum absolute atomic E-state index is 11.2. The van der Waals surface area contributed by atoms with Gasteiger partial charge in [-0.1, -0.05) is 24.3 Å². The van der Waals surface area contributed by atoms with Crippen LogP contribution < -0.4 is 0 Å². The zero-order valence-electron chi connectivity index (χ0n) is 8.34. The summed E-state index contributed by atoms with van der Waals surface area (Å²) in [6.07, 6.45) is 4.58. The Balaban J connectivity index is 2.61. The first kappa shape index (κ1) is 10.1. The molecule has 15 heavy (non-hydrogen) atoms. The predicted molar refractivity (Wildman–Crippen MR) is 60.3 cm³/mol. The van der Waals surface area contributed by atoms with E-state index in [0.717, 1.165) is 16.3 Å². The second-order valence-electron chi connectivity index (χ2n) is 3.59. The van der Waals surface area contributed by atoms with Crippen molar-refractivity contribution in [3.8, 4) is 0 Å². The van der Waals surface area contributed by atoms with E-state index in [1.54, 1.807) is 12.4 Å². The minimum Gasteiger partial charge on any atom is -0.264 e. The third-order valence-corrected chi connectivity index (χ3v) is 3.00. The summed E-state index contributed by atoms with van der Waals surface area (Å²) in [6, 6.07) is 7.65. The second-order valence-corrected chi connectivity index (χ2v) is 5.73. The zero-order chi connectivity index (χ0) is 10.9. The molecule has 1 aromatic carbocycles. The minimum atomic E-state index is -3.01. The highest BCUT2D eigenvalue weighted by molar-refractivity contribution is 7.89. The summed E-state index contributed by atoms with van der Waals surface area (Å²) in [5.74, 6) is 0.0430. The monoisotopic (exact) mass is 221 g/mol. The lowest BCUT2D eigenvalue weighted by Gasteiger charge is -2.03. The van der Waals surface area contributed by atoms with Gasteiger partial charge in [-0.05, 0) is 10.9 Å². The molecule has 0 saturated carbocycles. The Hall–Kier alpha value is -1.42. The molecule has 0 saturated heterocycles. The summed E-state index contributed by atoms with van der Waals surface area (Å²) in [6.45, 7) is 0. The number of pyridine rings is 1. The Morgan fingerprint density at radius 2 is 1.93 bits per heavy atom. The highest BCUT2D eigenvalue weighted by Crippen LogP contribution is 2.18. The standard InChI is InChI=1S/C11H11NO2S/c1-15(13,14)8-10-7-12-6-9-4-2-3-5-11(9)10/h2-7H,8H2,1H3. The average molecular weight is 221 g/mol. The number of benzene rings is 1. The lowest BCUT2D eigenvalue weighted by Crippen LogP contribution is -2.01. The Morgan fingerprint density at radius 1 is 1.20 bits per heavy atom. The van der Waals surface area contributed by atoms with Gasteiger partial charge < -0.3 is 0 Å². The molecule has 78 valence electrons. The largest absolute Gasteiger partial charge is 0.264 e. The van der Waals surface area contributed by atoms with Crippen LogP contribution in [0.4, 0.5) is 0 Å². The van der Waals surface area contributed by atoms with Crippen molar-refractivity contribution in [2.75, 3.05) is 6.26 Å². The molecule has 1 heterocycles. The Bertz CT molecular complexity index is 585. The third-order valence-electron chi connectivity index (χ3n) is 2.17. The predicted octanol–water partition coefficient (Wildman–Crippen LogP) is 1.78. The fourth-order valence-corrected chi connectivity index (χ4v) is 2.37. The fourth-order valence-electron chi connectivity index (χ4n) is 1.58. The molecular formula is C11H11NO2S. The molecule has 3 nitrogen and oxygen atoms in total. The van der Waals surface area contributed by atoms with Crippen LogP contribution in [0, 0.1) is 0 Å². The molecule has 0 bridgehead atoms. The first-order valence-electron chi connectivity index (χ1n) is 4.55. The van der Waals surface area contributed by atoms with Crippen molar-refractivity contribution in [1.29, 1.82) is 0 Å². The van der Waals surface area contributed by atoms with Crippen LogP contribution >= 0.6 is 0 Å². The average Bonchev–Trinajstić information content (AvgIpc) is 2.16. The van der Waals surface area contributed by atoms with Gasteiger partial charge in [0.05, 0.1) is 5.75 Å². The Labute approximate surface area is 88.7 Å². The molecule has 2 rings (SSSR count). The molecule has 4 heteroatoms. The van der Waals surface area contributed by atoms with E-state index in [2.05, 4.69) is 4.98 Å². The molecular weight excluding hydrogens is 210 g/mol. The highest BCUT2D eigenvalue weighted by atomic mass is 32.2. The van der Waals surface area contributed by atoms with Gasteiger partial charge in [-0.15, -0.1) is 0 Å². The van der Waals surface area contributed by atoms with E-state index >= 15 is 0 Å². The molecule has 0 radical (unpaired) electrons. The summed E-state index contributed by atoms with van der Waals surface area (Å²) in [5.41, 5.74) is 0.760. The van der Waals surface area contributed by atoms with Gasteiger partial charge in [-0.25, -0.2) is 8.42 Å². The van der Waals surface area contributed by atoms with E-state index in [-0.39, 0.29) is 5.75 Å². The van der Waals surface area contributed by atoms with Crippen molar-refractivity contribution in [3.63, 3.8) is 0 Å². The normalized spacial score (nSPS) is 11.8. The molecule has 0 fully saturated rings. The van der Waals surface area contributed by atoms with Crippen LogP contribution in [0.15, 0.2) is 36.7 Å². The SMILES string of the molecule is CS(=O)(=O)Cc1cncc2ccccc12. The summed E-state index contributed by atoms with van der Waals surface area (Å²) in [4.78, 5) is 4.03. The van der Waals surface area contributed by atoms with Crippen LogP contribution in [-0.2, 0) is 15.6 Å². The van der Waals surface area contributed by atoms with E-state index in [1.807, 2.05) is 24.3 Å². The summed E-state index contributed by atoms with van der Waals surface area (Å²) >= 11 is 0. The van der Waals surface area contributed by atoms with Gasteiger partial charge in [0.2, 0.25) is 0 Å². The molecule has 0 aliphatic rings. The lowest BCUT2D eigenvalue weighted by atomic mass is 10.1. The van der Waals surface area contributed by atoms with E-state index in [1.165, 1.54) is 6.26 Å². The van der Waals surface area contributed by atoms with E-state index in [9.17, 15) is 8.42 Å². The molecule has 0 N–H and O–H groups in total. The van der Waals surface area contributed by atoms with E-state index < -0.39 is 9.84 Å². The maximum Gasteiger partial charge on any atom is 0.151 e. The van der Waals surface area contributed by atoms with Crippen LogP contribution in [0.1, 0.15) is 5.56 Å². The molecule has 1 aromatic heterocycles. The van der Waals surface area contributed by atoms with Crippen LogP contribution in [0.5, 0.6) is 0 Å². The first-order chi connectivity index (χ1) is 7.06. The quantitative estimate of drug-likeness (QED) is 0.776. The van der Waals surface area contributed by atoms with Gasteiger partial charge >= 0.3 is 0 Å². The Morgan fingerprint density at radius 3 is 2.67 bits per heavy atom. The van der Waals surface area contributed by atoms with Crippen molar-refractivity contribution in [2.45, 2.75) is 5.75 Å². The fraction of sp³-hybridized carbons (Fsp3) is 0.182. The molecule has 0 spiro atoms. The van der Waals surface area contributed by atoms with Gasteiger partial charge in [0.15, 0.2) is 9.84 Å². The molecule has 0 aliphatic heterocycles. The molecule has 0 atom stereocenters. The van der Waals surface area contributed by atoms with E-state index in [4.69, 9.17) is 0 Å². The molecule has 2 aromatic rings. The van der Waals surface area contributed by atoms with Gasteiger partial charge in [-0.2, -0.15) is 0 Å². The zero-order valence-corrected chi connectivity index (χ0v) is 9.16. The highest BCUT2D eigenvalue weighted by Gasteiger charge is 2.07. The van der Waals surface area contributed by atoms with Crippen LogP contribution in [0.2, 0.25) is 0 Å². The summed E-state index contributed by atoms with van der Waals surface area (Å²) in [7, 11) is -3.01. The number of nitrogens with zero attached hydrogens (tertiary/aromatic N) is 1. The Kier molecular flexibility index (Phi) is 2.44. The second kappa shape index (κ2) is 3.62. The van der Waals surface area contributed by atoms with Gasteiger partial charge in [0.25, 0.3) is 0 Å². The topological polar surface area (TPSA) is 47.0 Å². The third kappa shape index (κ3) is 2.33. The molecule has 0 aliphatic carbocycles. The van der Waals surface area contributed by atoms with Crippen molar-refractivity contribution in [1.82, 2.24) is 4.98 Å². The molecule has 0 amide bonds. The van der Waals surface area contributed by atoms with Crippen LogP contribution in [0.25, 0.3) is 10.8 Å². The van der Waals surface area contributed by atoms with Crippen molar-refractivity contribution in [3.05, 3.63) is 42.2 Å². The van der Waals surface area contributed by atoms with Crippen molar-refractivity contribution < 1.29 is 8.42 Å². The number of aromatic nitrogens is 1. The number of hydrogen-bond acceptors (Lipinski definition) is 3. The number of fused-ring (bicyclic) bond motifs is 1. The van der Waals surface area contributed by atoms with Crippen molar-refractivity contribution in [2.24, 2.45) is 0 Å². The number of rotatable bonds is 2. The number of sulfone groups is 1. The van der Waals surface area contributed by atoms with Crippen LogP contribution in [0.3, 0.4) is 0 Å². The first-order valence-corrected chi connectivity index (χ1v) is 6.62. The van der Waals surface area contributed by atoms with Gasteiger partial charge in [-0.3, -0.25) is 4.98 Å².